The molecule has 20 heavy (non-hydrogen) atoms. The molecule has 0 aromatic heterocycles. The van der Waals surface area contributed by atoms with Crippen LogP contribution in [0.1, 0.15) is 12.0 Å². The molecule has 0 spiro atoms. The molecular formula is C17H18O2Se. The molecule has 0 N–H and O–H groups in total. The summed E-state index contributed by atoms with van der Waals surface area (Å²) in [5, 5.41) is 0. The zero-order chi connectivity index (χ0) is 13.6. The van der Waals surface area contributed by atoms with E-state index in [4.69, 9.17) is 9.47 Å². The van der Waals surface area contributed by atoms with Gasteiger partial charge < -0.3 is 0 Å². The number of hydrogen-bond acceptors (Lipinski definition) is 2. The van der Waals surface area contributed by atoms with Gasteiger partial charge in [-0.15, -0.1) is 0 Å². The van der Waals surface area contributed by atoms with Crippen molar-refractivity contribution in [3.05, 3.63) is 66.2 Å². The Kier molecular flexibility index (Phi) is 4.88. The Labute approximate surface area is 126 Å². The summed E-state index contributed by atoms with van der Waals surface area (Å²) in [5.74, 6) is 0. The average molecular weight is 333 g/mol. The van der Waals surface area contributed by atoms with Crippen LogP contribution in [-0.4, -0.2) is 27.9 Å². The monoisotopic (exact) mass is 334 g/mol. The third kappa shape index (κ3) is 3.71. The first kappa shape index (κ1) is 13.8. The maximum atomic E-state index is 5.97. The van der Waals surface area contributed by atoms with Crippen LogP contribution in [0.2, 0.25) is 4.82 Å². The fourth-order valence-corrected chi connectivity index (χ4v) is 4.64. The zero-order valence-electron chi connectivity index (χ0n) is 11.3. The van der Waals surface area contributed by atoms with Crippen molar-refractivity contribution in [2.24, 2.45) is 0 Å². The molecule has 0 aliphatic carbocycles. The molecule has 0 radical (unpaired) electrons. The Balaban J connectivity index is 1.56. The summed E-state index contributed by atoms with van der Waals surface area (Å²) in [5.41, 5.74) is 1.20. The summed E-state index contributed by atoms with van der Waals surface area (Å²) in [6.07, 6.45) is 1.06. The van der Waals surface area contributed by atoms with Gasteiger partial charge in [0.2, 0.25) is 0 Å². The van der Waals surface area contributed by atoms with Gasteiger partial charge in [-0.25, -0.2) is 0 Å². The number of hydrogen-bond donors (Lipinski definition) is 0. The SMILES string of the molecule is c1ccc(CO[C@H]2OCC[C@@H]2[Se]c2ccccc2)cc1. The molecule has 3 heteroatoms. The van der Waals surface area contributed by atoms with E-state index < -0.39 is 0 Å². The molecule has 1 heterocycles. The standard InChI is InChI=1S/C17H18O2Se/c1-3-7-14(8-4-1)13-19-17-16(11-12-18-17)20-15-9-5-2-6-10-15/h1-10,16-17H,11-13H2/t16-,17+/m0/s1. The first-order chi connectivity index (χ1) is 9.92. The number of ether oxygens (including phenoxy) is 2. The maximum absolute atomic E-state index is 5.97. The van der Waals surface area contributed by atoms with Gasteiger partial charge in [0.25, 0.3) is 0 Å². The summed E-state index contributed by atoms with van der Waals surface area (Å²) in [6.45, 7) is 1.45. The van der Waals surface area contributed by atoms with Gasteiger partial charge in [-0.1, -0.05) is 0 Å². The van der Waals surface area contributed by atoms with Gasteiger partial charge in [-0.2, -0.15) is 0 Å². The van der Waals surface area contributed by atoms with Gasteiger partial charge in [-0.3, -0.25) is 0 Å². The normalized spacial score (nSPS) is 22.0. The zero-order valence-corrected chi connectivity index (χ0v) is 13.0. The van der Waals surface area contributed by atoms with Crippen LogP contribution in [0.25, 0.3) is 0 Å². The van der Waals surface area contributed by atoms with Crippen molar-refractivity contribution in [1.29, 1.82) is 0 Å². The summed E-state index contributed by atoms with van der Waals surface area (Å²) in [4.78, 5) is 0.522. The molecule has 3 rings (SSSR count). The second kappa shape index (κ2) is 7.05. The van der Waals surface area contributed by atoms with E-state index in [1.165, 1.54) is 10.0 Å². The molecule has 0 saturated carbocycles. The van der Waals surface area contributed by atoms with Crippen molar-refractivity contribution >= 4 is 19.4 Å². The Morgan fingerprint density at radius 3 is 2.45 bits per heavy atom. The van der Waals surface area contributed by atoms with Crippen LogP contribution in [0.4, 0.5) is 0 Å². The van der Waals surface area contributed by atoms with Crippen molar-refractivity contribution in [3.8, 4) is 0 Å². The van der Waals surface area contributed by atoms with E-state index in [1.54, 1.807) is 0 Å². The van der Waals surface area contributed by atoms with E-state index in [2.05, 4.69) is 42.5 Å². The van der Waals surface area contributed by atoms with Gasteiger partial charge in [-0.05, 0) is 0 Å². The first-order valence-electron chi connectivity index (χ1n) is 6.91. The van der Waals surface area contributed by atoms with Crippen LogP contribution in [0, 0.1) is 0 Å². The van der Waals surface area contributed by atoms with E-state index >= 15 is 0 Å². The van der Waals surface area contributed by atoms with Gasteiger partial charge in [0.05, 0.1) is 0 Å². The summed E-state index contributed by atoms with van der Waals surface area (Å²) in [6, 6.07) is 21.0. The average Bonchev–Trinajstić information content (AvgIpc) is 2.94. The minimum absolute atomic E-state index is 0.0459. The Hall–Kier alpha value is -1.12. The molecule has 2 nitrogen and oxygen atoms in total. The van der Waals surface area contributed by atoms with Crippen LogP contribution >= 0.6 is 0 Å². The summed E-state index contributed by atoms with van der Waals surface area (Å²) >= 11 is 0.416. The fourth-order valence-electron chi connectivity index (χ4n) is 2.24. The van der Waals surface area contributed by atoms with Crippen LogP contribution in [0.3, 0.4) is 0 Å². The van der Waals surface area contributed by atoms with E-state index in [-0.39, 0.29) is 6.29 Å². The Morgan fingerprint density at radius 2 is 1.70 bits per heavy atom. The molecule has 104 valence electrons. The molecule has 0 bridgehead atoms. The van der Waals surface area contributed by atoms with Crippen LogP contribution in [-0.2, 0) is 16.1 Å². The predicted molar refractivity (Wildman–Crippen MR) is 81.2 cm³/mol. The molecule has 0 unspecified atom stereocenters. The third-order valence-corrected chi connectivity index (χ3v) is 6.01. The number of benzene rings is 2. The third-order valence-electron chi connectivity index (χ3n) is 3.28. The van der Waals surface area contributed by atoms with Crippen molar-refractivity contribution in [3.63, 3.8) is 0 Å². The molecule has 2 atom stereocenters. The van der Waals surface area contributed by atoms with Crippen LogP contribution < -0.4 is 4.46 Å². The number of rotatable bonds is 5. The first-order valence-corrected chi connectivity index (χ1v) is 8.75. The van der Waals surface area contributed by atoms with E-state index in [0.29, 0.717) is 26.4 Å². The van der Waals surface area contributed by atoms with Crippen molar-refractivity contribution in [1.82, 2.24) is 0 Å². The molecule has 1 saturated heterocycles. The fraction of sp³-hybridized carbons (Fsp3) is 0.294. The minimum atomic E-state index is -0.0459. The van der Waals surface area contributed by atoms with Gasteiger partial charge in [0, 0.05) is 0 Å². The van der Waals surface area contributed by atoms with Crippen molar-refractivity contribution in [2.75, 3.05) is 6.61 Å². The van der Waals surface area contributed by atoms with E-state index in [1.807, 2.05) is 18.2 Å². The molecule has 1 aliphatic heterocycles. The van der Waals surface area contributed by atoms with Crippen molar-refractivity contribution in [2.45, 2.75) is 24.1 Å². The quantitative estimate of drug-likeness (QED) is 0.784. The molecule has 1 aliphatic rings. The van der Waals surface area contributed by atoms with Gasteiger partial charge >= 0.3 is 126 Å². The molecule has 1 fully saturated rings. The van der Waals surface area contributed by atoms with E-state index in [9.17, 15) is 0 Å². The Morgan fingerprint density at radius 1 is 1.00 bits per heavy atom. The molecule has 0 amide bonds. The molecular weight excluding hydrogens is 315 g/mol. The molecule has 2 aromatic rings. The summed E-state index contributed by atoms with van der Waals surface area (Å²) < 4.78 is 13.1. The van der Waals surface area contributed by atoms with Gasteiger partial charge in [0.15, 0.2) is 0 Å². The summed E-state index contributed by atoms with van der Waals surface area (Å²) in [7, 11) is 0. The van der Waals surface area contributed by atoms with Crippen LogP contribution in [0.5, 0.6) is 0 Å². The van der Waals surface area contributed by atoms with E-state index in [0.717, 1.165) is 13.0 Å². The molecule has 2 aromatic carbocycles. The van der Waals surface area contributed by atoms with Gasteiger partial charge in [0.1, 0.15) is 0 Å². The Bertz CT molecular complexity index is 515. The second-order valence-electron chi connectivity index (χ2n) is 4.79. The second-order valence-corrected chi connectivity index (χ2v) is 7.55. The van der Waals surface area contributed by atoms with Crippen molar-refractivity contribution < 1.29 is 9.47 Å². The topological polar surface area (TPSA) is 18.5 Å². The predicted octanol–water partition coefficient (Wildman–Crippen LogP) is 2.77. The van der Waals surface area contributed by atoms with Crippen LogP contribution in [0.15, 0.2) is 60.7 Å².